The summed E-state index contributed by atoms with van der Waals surface area (Å²) in [6.07, 6.45) is 0. The predicted molar refractivity (Wildman–Crippen MR) is 88.3 cm³/mol. The average molecular weight is 408 g/mol. The summed E-state index contributed by atoms with van der Waals surface area (Å²) in [4.78, 5) is 4.45. The zero-order valence-electron chi connectivity index (χ0n) is 10.4. The maximum atomic E-state index is 13.4. The molecule has 0 radical (unpaired) electrons. The fourth-order valence-electron chi connectivity index (χ4n) is 2.21. The van der Waals surface area contributed by atoms with E-state index in [1.807, 2.05) is 6.07 Å². The summed E-state index contributed by atoms with van der Waals surface area (Å²) >= 11 is 21.8. The molecule has 0 unspecified atom stereocenters. The van der Waals surface area contributed by atoms with Crippen molar-refractivity contribution in [3.63, 3.8) is 0 Å². The van der Waals surface area contributed by atoms with E-state index >= 15 is 0 Å². The van der Waals surface area contributed by atoms with E-state index in [9.17, 15) is 4.39 Å². The Morgan fingerprint density at radius 3 is 2.62 bits per heavy atom. The van der Waals surface area contributed by atoms with Crippen molar-refractivity contribution < 1.29 is 4.39 Å². The molecule has 3 aromatic rings. The van der Waals surface area contributed by atoms with Gasteiger partial charge in [-0.25, -0.2) is 9.37 Å². The average Bonchev–Trinajstić information content (AvgIpc) is 2.78. The van der Waals surface area contributed by atoms with Crippen molar-refractivity contribution in [3.8, 4) is 5.69 Å². The Morgan fingerprint density at radius 1 is 1.19 bits per heavy atom. The first kappa shape index (κ1) is 15.1. The molecule has 1 heterocycles. The van der Waals surface area contributed by atoms with Crippen LogP contribution in [0.4, 0.5) is 4.39 Å². The topological polar surface area (TPSA) is 17.8 Å². The van der Waals surface area contributed by atoms with Crippen molar-refractivity contribution >= 4 is 61.8 Å². The molecule has 0 aliphatic carbocycles. The number of aromatic nitrogens is 2. The molecule has 0 saturated heterocycles. The Balaban J connectivity index is 2.45. The molecule has 0 spiro atoms. The number of para-hydroxylation sites is 1. The van der Waals surface area contributed by atoms with E-state index in [-0.39, 0.29) is 10.9 Å². The molecule has 2 nitrogen and oxygen atoms in total. The van der Waals surface area contributed by atoms with Crippen molar-refractivity contribution in [2.45, 2.75) is 5.88 Å². The van der Waals surface area contributed by atoms with Gasteiger partial charge in [-0.1, -0.05) is 29.3 Å². The van der Waals surface area contributed by atoms with Gasteiger partial charge in [0.25, 0.3) is 0 Å². The fraction of sp³-hybridized carbons (Fsp3) is 0.0714. The molecule has 0 saturated carbocycles. The van der Waals surface area contributed by atoms with Gasteiger partial charge in [-0.2, -0.15) is 0 Å². The highest BCUT2D eigenvalue weighted by atomic mass is 79.9. The van der Waals surface area contributed by atoms with E-state index in [0.717, 1.165) is 0 Å². The van der Waals surface area contributed by atoms with Crippen LogP contribution in [0.3, 0.4) is 0 Å². The summed E-state index contributed by atoms with van der Waals surface area (Å²) in [5.74, 6) is 0.318. The lowest BCUT2D eigenvalue weighted by Crippen LogP contribution is -2.02. The van der Waals surface area contributed by atoms with E-state index in [0.29, 0.717) is 32.0 Å². The maximum Gasteiger partial charge on any atom is 0.129 e. The van der Waals surface area contributed by atoms with Gasteiger partial charge in [-0.3, -0.25) is 4.57 Å². The van der Waals surface area contributed by atoms with Crippen LogP contribution in [-0.4, -0.2) is 9.55 Å². The zero-order valence-corrected chi connectivity index (χ0v) is 14.2. The second-order valence-electron chi connectivity index (χ2n) is 4.32. The maximum absolute atomic E-state index is 13.4. The SMILES string of the molecule is Fc1cc(Cl)c(-n2c(CCl)nc3cccc(Cl)c32)c(Br)c1. The van der Waals surface area contributed by atoms with Crippen molar-refractivity contribution in [3.05, 3.63) is 56.5 Å². The summed E-state index contributed by atoms with van der Waals surface area (Å²) in [7, 11) is 0. The van der Waals surface area contributed by atoms with Gasteiger partial charge in [0, 0.05) is 4.47 Å². The highest BCUT2D eigenvalue weighted by molar-refractivity contribution is 9.10. The first-order chi connectivity index (χ1) is 10.0. The van der Waals surface area contributed by atoms with E-state index in [2.05, 4.69) is 20.9 Å². The first-order valence-electron chi connectivity index (χ1n) is 5.89. The Hall–Kier alpha value is -0.810. The summed E-state index contributed by atoms with van der Waals surface area (Å²) in [5.41, 5.74) is 1.94. The minimum atomic E-state index is -0.432. The Labute approximate surface area is 143 Å². The van der Waals surface area contributed by atoms with Crippen molar-refractivity contribution in [1.29, 1.82) is 0 Å². The van der Waals surface area contributed by atoms with Crippen LogP contribution < -0.4 is 0 Å². The summed E-state index contributed by atoms with van der Waals surface area (Å²) in [6, 6.07) is 7.97. The molecular formula is C14H7BrCl3FN2. The van der Waals surface area contributed by atoms with Gasteiger partial charge in [0.2, 0.25) is 0 Å². The van der Waals surface area contributed by atoms with Crippen LogP contribution in [0.25, 0.3) is 16.7 Å². The van der Waals surface area contributed by atoms with Crippen molar-refractivity contribution in [2.75, 3.05) is 0 Å². The number of rotatable bonds is 2. The lowest BCUT2D eigenvalue weighted by molar-refractivity contribution is 0.626. The summed E-state index contributed by atoms with van der Waals surface area (Å²) in [6.45, 7) is 0. The molecule has 7 heteroatoms. The van der Waals surface area contributed by atoms with Gasteiger partial charge in [-0.05, 0) is 40.2 Å². The molecule has 0 N–H and O–H groups in total. The number of halogens is 5. The lowest BCUT2D eigenvalue weighted by Gasteiger charge is -2.13. The van der Waals surface area contributed by atoms with Gasteiger partial charge in [0.1, 0.15) is 11.6 Å². The molecule has 0 aliphatic heterocycles. The third-order valence-corrected chi connectivity index (χ3v) is 4.46. The van der Waals surface area contributed by atoms with Crippen LogP contribution in [0.1, 0.15) is 5.82 Å². The van der Waals surface area contributed by atoms with Crippen molar-refractivity contribution in [1.82, 2.24) is 9.55 Å². The monoisotopic (exact) mass is 406 g/mol. The van der Waals surface area contributed by atoms with E-state index in [1.165, 1.54) is 12.1 Å². The van der Waals surface area contributed by atoms with Crippen molar-refractivity contribution in [2.24, 2.45) is 0 Å². The number of fused-ring (bicyclic) bond motifs is 1. The molecule has 3 rings (SSSR count). The number of hydrogen-bond acceptors (Lipinski definition) is 1. The molecule has 0 fully saturated rings. The fourth-order valence-corrected chi connectivity index (χ4v) is 3.66. The third kappa shape index (κ3) is 2.55. The molecule has 21 heavy (non-hydrogen) atoms. The van der Waals surface area contributed by atoms with E-state index < -0.39 is 5.82 Å². The minimum Gasteiger partial charge on any atom is -0.291 e. The number of benzene rings is 2. The van der Waals surface area contributed by atoms with Crippen LogP contribution in [0.5, 0.6) is 0 Å². The van der Waals surface area contributed by atoms with Gasteiger partial charge in [0.15, 0.2) is 0 Å². The quantitative estimate of drug-likeness (QED) is 0.478. The largest absolute Gasteiger partial charge is 0.291 e. The summed E-state index contributed by atoms with van der Waals surface area (Å²) in [5, 5.41) is 0.760. The van der Waals surface area contributed by atoms with E-state index in [1.54, 1.807) is 16.7 Å². The first-order valence-corrected chi connectivity index (χ1v) is 7.98. The minimum absolute atomic E-state index is 0.172. The van der Waals surface area contributed by atoms with Crippen LogP contribution >= 0.6 is 50.7 Å². The molecule has 0 bridgehead atoms. The number of nitrogens with zero attached hydrogens (tertiary/aromatic N) is 2. The molecular weight excluding hydrogens is 401 g/mol. The molecule has 1 aromatic heterocycles. The second kappa shape index (κ2) is 5.76. The number of alkyl halides is 1. The van der Waals surface area contributed by atoms with Gasteiger partial charge >= 0.3 is 0 Å². The molecule has 0 aliphatic rings. The highest BCUT2D eigenvalue weighted by Gasteiger charge is 2.19. The third-order valence-electron chi connectivity index (χ3n) is 3.02. The Bertz CT molecular complexity index is 825. The Kier molecular flexibility index (Phi) is 4.14. The normalized spacial score (nSPS) is 11.3. The molecule has 0 atom stereocenters. The summed E-state index contributed by atoms with van der Waals surface area (Å²) < 4.78 is 15.7. The zero-order chi connectivity index (χ0) is 15.1. The smallest absolute Gasteiger partial charge is 0.129 e. The number of imidazole rings is 1. The van der Waals surface area contributed by atoms with Crippen LogP contribution in [0.2, 0.25) is 10.0 Å². The second-order valence-corrected chi connectivity index (χ2v) is 6.26. The standard InChI is InChI=1S/C14H7BrCl3FN2/c15-8-4-7(19)5-10(18)13(8)21-12(6-16)20-11-3-1-2-9(17)14(11)21/h1-5H,6H2. The predicted octanol–water partition coefficient (Wildman–Crippen LogP) is 5.97. The Morgan fingerprint density at radius 2 is 1.95 bits per heavy atom. The van der Waals surface area contributed by atoms with Crippen LogP contribution in [-0.2, 0) is 5.88 Å². The van der Waals surface area contributed by atoms with Gasteiger partial charge in [-0.15, -0.1) is 11.6 Å². The van der Waals surface area contributed by atoms with Gasteiger partial charge in [0.05, 0.1) is 32.6 Å². The van der Waals surface area contributed by atoms with Gasteiger partial charge < -0.3 is 0 Å². The van der Waals surface area contributed by atoms with E-state index in [4.69, 9.17) is 34.8 Å². The molecule has 108 valence electrons. The van der Waals surface area contributed by atoms with Crippen LogP contribution in [0, 0.1) is 5.82 Å². The highest BCUT2D eigenvalue weighted by Crippen LogP contribution is 2.36. The lowest BCUT2D eigenvalue weighted by atomic mass is 10.2. The molecule has 0 amide bonds. The number of hydrogen-bond donors (Lipinski definition) is 0. The molecule has 2 aromatic carbocycles. The van der Waals surface area contributed by atoms with Crippen LogP contribution in [0.15, 0.2) is 34.8 Å².